The van der Waals surface area contributed by atoms with Gasteiger partial charge in [0.25, 0.3) is 0 Å². The number of aliphatic hydroxyl groups is 2. The molecule has 88 valence electrons. The summed E-state index contributed by atoms with van der Waals surface area (Å²) in [6.45, 7) is 2.65. The molecule has 3 heterocycles. The van der Waals surface area contributed by atoms with E-state index in [1.165, 1.54) is 0 Å². The Morgan fingerprint density at radius 2 is 2.00 bits per heavy atom. The molecule has 0 saturated carbocycles. The standard InChI is InChI=1S/C11H20O4/c1-2-8-7-5-3-4-6-14-11(15-8)10(13)9(7)12/h7-13H,2-6H2,1H3/t7-,8?,9+,10?,11+/m1/s1. The first-order valence-corrected chi connectivity index (χ1v) is 5.87. The Morgan fingerprint density at radius 1 is 1.20 bits per heavy atom. The number of hydrogen-bond acceptors (Lipinski definition) is 4. The summed E-state index contributed by atoms with van der Waals surface area (Å²) in [5, 5.41) is 19.8. The maximum absolute atomic E-state index is 9.99. The normalized spacial score (nSPS) is 47.0. The van der Waals surface area contributed by atoms with Crippen LogP contribution in [0.4, 0.5) is 0 Å². The molecule has 4 heteroatoms. The zero-order valence-corrected chi connectivity index (χ0v) is 9.13. The van der Waals surface area contributed by atoms with E-state index in [-0.39, 0.29) is 12.0 Å². The van der Waals surface area contributed by atoms with Crippen molar-refractivity contribution in [3.8, 4) is 0 Å². The summed E-state index contributed by atoms with van der Waals surface area (Å²) in [5.74, 6) is 0.0583. The Bertz CT molecular complexity index is 205. The maximum atomic E-state index is 9.99. The first-order valence-electron chi connectivity index (χ1n) is 5.87. The summed E-state index contributed by atoms with van der Waals surface area (Å²) >= 11 is 0. The van der Waals surface area contributed by atoms with Crippen LogP contribution in [-0.2, 0) is 9.47 Å². The predicted molar refractivity (Wildman–Crippen MR) is 54.3 cm³/mol. The second-order valence-electron chi connectivity index (χ2n) is 4.46. The Kier molecular flexibility index (Phi) is 3.61. The third-order valence-electron chi connectivity index (χ3n) is 3.47. The Morgan fingerprint density at radius 3 is 2.73 bits per heavy atom. The zero-order valence-electron chi connectivity index (χ0n) is 9.13. The predicted octanol–water partition coefficient (Wildman–Crippen LogP) is 0.660. The number of aliphatic hydroxyl groups excluding tert-OH is 2. The van der Waals surface area contributed by atoms with Crippen LogP contribution in [0, 0.1) is 5.92 Å². The molecule has 3 saturated heterocycles. The molecule has 0 radical (unpaired) electrons. The van der Waals surface area contributed by atoms with Crippen molar-refractivity contribution in [2.75, 3.05) is 6.61 Å². The summed E-state index contributed by atoms with van der Waals surface area (Å²) < 4.78 is 11.1. The second kappa shape index (κ2) is 4.78. The van der Waals surface area contributed by atoms with E-state index in [4.69, 9.17) is 9.47 Å². The SMILES string of the molecule is CCC1O[C@@H]2OCCCC[C@H]1[C@H](O)C2O. The van der Waals surface area contributed by atoms with Gasteiger partial charge < -0.3 is 19.7 Å². The van der Waals surface area contributed by atoms with Crippen molar-refractivity contribution in [3.63, 3.8) is 0 Å². The van der Waals surface area contributed by atoms with E-state index in [9.17, 15) is 10.2 Å². The molecule has 0 aliphatic carbocycles. The van der Waals surface area contributed by atoms with Gasteiger partial charge in [-0.05, 0) is 19.3 Å². The zero-order chi connectivity index (χ0) is 10.8. The van der Waals surface area contributed by atoms with Crippen molar-refractivity contribution in [3.05, 3.63) is 0 Å². The van der Waals surface area contributed by atoms with Gasteiger partial charge in [0.1, 0.15) is 6.10 Å². The van der Waals surface area contributed by atoms with Crippen LogP contribution in [0.25, 0.3) is 0 Å². The fourth-order valence-electron chi connectivity index (χ4n) is 2.56. The van der Waals surface area contributed by atoms with Gasteiger partial charge in [0.05, 0.1) is 12.2 Å². The minimum Gasteiger partial charge on any atom is -0.390 e. The molecule has 2 N–H and O–H groups in total. The van der Waals surface area contributed by atoms with Crippen LogP contribution in [0.1, 0.15) is 32.6 Å². The lowest BCUT2D eigenvalue weighted by Gasteiger charge is -2.41. The van der Waals surface area contributed by atoms with Crippen LogP contribution >= 0.6 is 0 Å². The van der Waals surface area contributed by atoms with Crippen molar-refractivity contribution in [1.29, 1.82) is 0 Å². The number of fused-ring (bicyclic) bond motifs is 6. The van der Waals surface area contributed by atoms with Crippen molar-refractivity contribution < 1.29 is 19.7 Å². The third kappa shape index (κ3) is 2.18. The van der Waals surface area contributed by atoms with Gasteiger partial charge in [-0.15, -0.1) is 0 Å². The molecule has 0 spiro atoms. The number of rotatable bonds is 1. The quantitative estimate of drug-likeness (QED) is 0.676. The highest BCUT2D eigenvalue weighted by Crippen LogP contribution is 2.33. The van der Waals surface area contributed by atoms with Crippen LogP contribution in [0.15, 0.2) is 0 Å². The average molecular weight is 216 g/mol. The van der Waals surface area contributed by atoms with Gasteiger partial charge in [0, 0.05) is 12.5 Å². The lowest BCUT2D eigenvalue weighted by molar-refractivity contribution is -0.282. The van der Waals surface area contributed by atoms with Gasteiger partial charge >= 0.3 is 0 Å². The van der Waals surface area contributed by atoms with Gasteiger partial charge in [0.2, 0.25) is 0 Å². The molecule has 3 rings (SSSR count). The molecule has 3 fully saturated rings. The molecule has 2 bridgehead atoms. The fraction of sp³-hybridized carbons (Fsp3) is 1.00. The van der Waals surface area contributed by atoms with E-state index in [0.717, 1.165) is 25.7 Å². The third-order valence-corrected chi connectivity index (χ3v) is 3.47. The average Bonchev–Trinajstić information content (AvgIpc) is 2.38. The highest BCUT2D eigenvalue weighted by Gasteiger charge is 2.44. The summed E-state index contributed by atoms with van der Waals surface area (Å²) in [7, 11) is 0. The second-order valence-corrected chi connectivity index (χ2v) is 4.46. The summed E-state index contributed by atoms with van der Waals surface area (Å²) in [4.78, 5) is 0. The van der Waals surface area contributed by atoms with Crippen molar-refractivity contribution >= 4 is 0 Å². The van der Waals surface area contributed by atoms with Crippen molar-refractivity contribution in [1.82, 2.24) is 0 Å². The number of hydrogen-bond donors (Lipinski definition) is 2. The Labute approximate surface area is 90.2 Å². The van der Waals surface area contributed by atoms with Gasteiger partial charge in [-0.2, -0.15) is 0 Å². The first kappa shape index (κ1) is 11.3. The van der Waals surface area contributed by atoms with Crippen molar-refractivity contribution in [2.45, 2.75) is 57.2 Å². The molecule has 4 nitrogen and oxygen atoms in total. The lowest BCUT2D eigenvalue weighted by Crippen LogP contribution is -2.54. The van der Waals surface area contributed by atoms with Crippen LogP contribution in [0.2, 0.25) is 0 Å². The van der Waals surface area contributed by atoms with E-state index in [0.29, 0.717) is 6.61 Å². The molecule has 0 aromatic carbocycles. The van der Waals surface area contributed by atoms with E-state index < -0.39 is 18.5 Å². The molecule has 5 atom stereocenters. The van der Waals surface area contributed by atoms with E-state index in [1.54, 1.807) is 0 Å². The largest absolute Gasteiger partial charge is 0.390 e. The molecule has 0 aromatic heterocycles. The van der Waals surface area contributed by atoms with Gasteiger partial charge in [-0.1, -0.05) is 13.3 Å². The fourth-order valence-corrected chi connectivity index (χ4v) is 2.56. The number of ether oxygens (including phenoxy) is 2. The molecule has 15 heavy (non-hydrogen) atoms. The molecule has 2 unspecified atom stereocenters. The molecule has 0 amide bonds. The molecule has 3 aliphatic rings. The smallest absolute Gasteiger partial charge is 0.186 e. The summed E-state index contributed by atoms with van der Waals surface area (Å²) in [6, 6.07) is 0. The topological polar surface area (TPSA) is 58.9 Å². The monoisotopic (exact) mass is 216 g/mol. The van der Waals surface area contributed by atoms with E-state index in [1.807, 2.05) is 6.92 Å². The minimum atomic E-state index is -0.893. The van der Waals surface area contributed by atoms with Crippen LogP contribution in [0.5, 0.6) is 0 Å². The van der Waals surface area contributed by atoms with Crippen molar-refractivity contribution in [2.24, 2.45) is 5.92 Å². The minimum absolute atomic E-state index is 0.0199. The molecule has 0 aromatic rings. The summed E-state index contributed by atoms with van der Waals surface area (Å²) in [6.07, 6.45) is 1.56. The Hall–Kier alpha value is -0.160. The highest BCUT2D eigenvalue weighted by atomic mass is 16.7. The first-order chi connectivity index (χ1) is 7.24. The van der Waals surface area contributed by atoms with Gasteiger partial charge in [0.15, 0.2) is 6.29 Å². The molecular formula is C11H20O4. The molecular weight excluding hydrogens is 196 g/mol. The van der Waals surface area contributed by atoms with Gasteiger partial charge in [-0.3, -0.25) is 0 Å². The van der Waals surface area contributed by atoms with Crippen LogP contribution in [-0.4, -0.2) is 41.4 Å². The van der Waals surface area contributed by atoms with Crippen LogP contribution in [0.3, 0.4) is 0 Å². The Balaban J connectivity index is 2.16. The van der Waals surface area contributed by atoms with Crippen LogP contribution < -0.4 is 0 Å². The molecule has 3 aliphatic heterocycles. The van der Waals surface area contributed by atoms with E-state index >= 15 is 0 Å². The van der Waals surface area contributed by atoms with Gasteiger partial charge in [-0.25, -0.2) is 0 Å². The van der Waals surface area contributed by atoms with E-state index in [2.05, 4.69) is 0 Å². The maximum Gasteiger partial charge on any atom is 0.186 e. The summed E-state index contributed by atoms with van der Waals surface area (Å²) in [5.41, 5.74) is 0. The highest BCUT2D eigenvalue weighted by molar-refractivity contribution is 4.89. The lowest BCUT2D eigenvalue weighted by atomic mass is 9.84.